The Morgan fingerprint density at radius 1 is 0.971 bits per heavy atom. The first kappa shape index (κ1) is 24.6. The van der Waals surface area contributed by atoms with Crippen LogP contribution >= 0.6 is 11.8 Å². The zero-order valence-electron chi connectivity index (χ0n) is 19.3. The summed E-state index contributed by atoms with van der Waals surface area (Å²) in [5, 5.41) is 8.89. The van der Waals surface area contributed by atoms with E-state index in [-0.39, 0.29) is 10.6 Å². The lowest BCUT2D eigenvalue weighted by atomic mass is 10.2. The van der Waals surface area contributed by atoms with Gasteiger partial charge in [-0.25, -0.2) is 8.42 Å². The van der Waals surface area contributed by atoms with Crippen molar-refractivity contribution in [3.63, 3.8) is 0 Å². The highest BCUT2D eigenvalue weighted by atomic mass is 32.2. The van der Waals surface area contributed by atoms with Gasteiger partial charge in [0, 0.05) is 0 Å². The van der Waals surface area contributed by atoms with E-state index in [9.17, 15) is 13.2 Å². The maximum absolute atomic E-state index is 12.7. The van der Waals surface area contributed by atoms with Crippen LogP contribution < -0.4 is 9.47 Å². The van der Waals surface area contributed by atoms with Gasteiger partial charge in [0.05, 0.1) is 24.9 Å². The fourth-order valence-corrected chi connectivity index (χ4v) is 5.63. The molecule has 2 aromatic carbocycles. The number of hydrogen-bond donors (Lipinski definition) is 0. The number of carbonyl (C=O) groups excluding carboxylic acids is 1. The first-order chi connectivity index (χ1) is 16.8. The highest BCUT2D eigenvalue weighted by Crippen LogP contribution is 2.38. The number of nitrogens with zero attached hydrogens (tertiary/aromatic N) is 3. The number of methoxy groups -OCH3 is 2. The smallest absolute Gasteiger partial charge is 0.205 e. The molecule has 2 heterocycles. The van der Waals surface area contributed by atoms with E-state index in [2.05, 4.69) is 10.2 Å². The molecule has 0 saturated carbocycles. The van der Waals surface area contributed by atoms with Crippen LogP contribution in [0, 0.1) is 6.92 Å². The molecule has 0 N–H and O–H groups in total. The molecular formula is C24H23N3O6S2. The second kappa shape index (κ2) is 10.4. The largest absolute Gasteiger partial charge is 0.494 e. The van der Waals surface area contributed by atoms with E-state index < -0.39 is 21.4 Å². The van der Waals surface area contributed by atoms with E-state index in [0.717, 1.165) is 11.8 Å². The van der Waals surface area contributed by atoms with Crippen molar-refractivity contribution < 1.29 is 27.1 Å². The van der Waals surface area contributed by atoms with Crippen molar-refractivity contribution in [3.05, 3.63) is 66.4 Å². The molecule has 0 fully saturated rings. The summed E-state index contributed by atoms with van der Waals surface area (Å²) < 4.78 is 43.8. The molecule has 11 heteroatoms. The van der Waals surface area contributed by atoms with Gasteiger partial charge in [0.25, 0.3) is 0 Å². The van der Waals surface area contributed by atoms with Gasteiger partial charge in [-0.2, -0.15) is 0 Å². The monoisotopic (exact) mass is 513 g/mol. The van der Waals surface area contributed by atoms with Gasteiger partial charge in [0.2, 0.25) is 5.82 Å². The minimum atomic E-state index is -3.74. The number of para-hydroxylation sites is 1. The lowest BCUT2D eigenvalue weighted by Gasteiger charge is -2.16. The van der Waals surface area contributed by atoms with Gasteiger partial charge < -0.3 is 13.9 Å². The number of thioether (sulfide) groups is 1. The zero-order chi connectivity index (χ0) is 25.0. The molecule has 0 atom stereocenters. The second-order valence-electron chi connectivity index (χ2n) is 7.46. The number of ether oxygens (including phenoxy) is 2. The Labute approximate surface area is 207 Å². The number of aryl methyl sites for hydroxylation is 1. The molecule has 0 radical (unpaired) electrons. The van der Waals surface area contributed by atoms with Crippen LogP contribution in [0.3, 0.4) is 0 Å². The lowest BCUT2D eigenvalue weighted by Crippen LogP contribution is -2.18. The maximum Gasteiger partial charge on any atom is 0.205 e. The summed E-state index contributed by atoms with van der Waals surface area (Å²) in [4.78, 5) is 12.8. The Kier molecular flexibility index (Phi) is 7.27. The van der Waals surface area contributed by atoms with Crippen LogP contribution in [0.1, 0.15) is 5.76 Å². The highest BCUT2D eigenvalue weighted by molar-refractivity contribution is 8.00. The third-order valence-electron chi connectivity index (χ3n) is 5.04. The van der Waals surface area contributed by atoms with E-state index in [0.29, 0.717) is 39.7 Å². The Morgan fingerprint density at radius 2 is 1.66 bits per heavy atom. The molecule has 0 spiro atoms. The summed E-state index contributed by atoms with van der Waals surface area (Å²) in [5.74, 6) is 1.33. The third kappa shape index (κ3) is 5.25. The first-order valence-electron chi connectivity index (χ1n) is 10.5. The van der Waals surface area contributed by atoms with Gasteiger partial charge in [-0.15, -0.1) is 10.2 Å². The average molecular weight is 514 g/mol. The van der Waals surface area contributed by atoms with Gasteiger partial charge in [0.1, 0.15) is 28.7 Å². The molecule has 182 valence electrons. The van der Waals surface area contributed by atoms with Gasteiger partial charge in [-0.05, 0) is 43.3 Å². The van der Waals surface area contributed by atoms with Gasteiger partial charge in [-0.1, -0.05) is 36.0 Å². The molecule has 0 aliphatic rings. The van der Waals surface area contributed by atoms with Gasteiger partial charge >= 0.3 is 0 Å². The zero-order valence-corrected chi connectivity index (χ0v) is 20.9. The number of furan rings is 1. The predicted octanol–water partition coefficient (Wildman–Crippen LogP) is 3.99. The Bertz CT molecular complexity index is 1420. The molecule has 4 aromatic rings. The van der Waals surface area contributed by atoms with Crippen LogP contribution in [-0.2, 0) is 14.6 Å². The van der Waals surface area contributed by atoms with Crippen LogP contribution in [-0.4, -0.2) is 54.7 Å². The Hall–Kier alpha value is -3.57. The fourth-order valence-electron chi connectivity index (χ4n) is 3.44. The molecule has 4 rings (SSSR count). The Balaban J connectivity index is 1.68. The molecule has 9 nitrogen and oxygen atoms in total. The molecule has 0 aliphatic carbocycles. The standard InChI is InChI=1S/C24H23N3O6S2/c1-16-12-13-21(33-16)23-25-26-24(27(23)22-19(31-2)10-7-11-20(22)32-3)34-14-17(28)15-35(29,30)18-8-5-4-6-9-18/h4-13H,14-15H2,1-3H3. The highest BCUT2D eigenvalue weighted by Gasteiger charge is 2.25. The van der Waals surface area contributed by atoms with E-state index in [1.165, 1.54) is 26.4 Å². The number of ketones is 1. The minimum absolute atomic E-state index is 0.107. The number of aromatic nitrogens is 3. The van der Waals surface area contributed by atoms with Crippen molar-refractivity contribution >= 4 is 27.4 Å². The lowest BCUT2D eigenvalue weighted by molar-refractivity contribution is -0.114. The number of carbonyl (C=O) groups is 1. The third-order valence-corrected chi connectivity index (χ3v) is 7.72. The summed E-state index contributed by atoms with van der Waals surface area (Å²) in [6.07, 6.45) is 0. The molecule has 0 amide bonds. The van der Waals surface area contributed by atoms with Crippen LogP contribution in [0.25, 0.3) is 17.3 Å². The summed E-state index contributed by atoms with van der Waals surface area (Å²) in [6.45, 7) is 1.81. The summed E-state index contributed by atoms with van der Waals surface area (Å²) in [6, 6.07) is 16.8. The van der Waals surface area contributed by atoms with Crippen LogP contribution in [0.15, 0.2) is 75.1 Å². The number of Topliss-reactive ketones (excluding diaryl/α,β-unsaturated/α-hetero) is 1. The number of rotatable bonds is 10. The van der Waals surface area contributed by atoms with Crippen molar-refractivity contribution in [2.24, 2.45) is 0 Å². The minimum Gasteiger partial charge on any atom is -0.494 e. The molecule has 2 aromatic heterocycles. The molecule has 0 unspecified atom stereocenters. The van der Waals surface area contributed by atoms with E-state index >= 15 is 0 Å². The number of benzene rings is 2. The van der Waals surface area contributed by atoms with E-state index in [1.54, 1.807) is 53.1 Å². The van der Waals surface area contributed by atoms with Crippen LogP contribution in [0.4, 0.5) is 0 Å². The van der Waals surface area contributed by atoms with Crippen molar-refractivity contribution in [2.45, 2.75) is 17.0 Å². The molecule has 0 bridgehead atoms. The fraction of sp³-hybridized carbons (Fsp3) is 0.208. The molecular weight excluding hydrogens is 490 g/mol. The quantitative estimate of drug-likeness (QED) is 0.290. The summed E-state index contributed by atoms with van der Waals surface area (Å²) in [7, 11) is -0.680. The van der Waals surface area contributed by atoms with Crippen molar-refractivity contribution in [1.82, 2.24) is 14.8 Å². The number of hydrogen-bond acceptors (Lipinski definition) is 9. The molecule has 35 heavy (non-hydrogen) atoms. The van der Waals surface area contributed by atoms with E-state index in [4.69, 9.17) is 13.9 Å². The van der Waals surface area contributed by atoms with Crippen molar-refractivity contribution in [3.8, 4) is 28.8 Å². The molecule has 0 saturated heterocycles. The molecule has 0 aliphatic heterocycles. The maximum atomic E-state index is 12.7. The van der Waals surface area contributed by atoms with Crippen molar-refractivity contribution in [2.75, 3.05) is 25.7 Å². The first-order valence-corrected chi connectivity index (χ1v) is 13.1. The van der Waals surface area contributed by atoms with Gasteiger partial charge in [0.15, 0.2) is 26.5 Å². The number of sulfone groups is 1. The normalized spacial score (nSPS) is 11.4. The summed E-state index contributed by atoms with van der Waals surface area (Å²) in [5.41, 5.74) is 0.526. The van der Waals surface area contributed by atoms with Crippen LogP contribution in [0.5, 0.6) is 11.5 Å². The summed E-state index contributed by atoms with van der Waals surface area (Å²) >= 11 is 1.07. The second-order valence-corrected chi connectivity index (χ2v) is 10.4. The van der Waals surface area contributed by atoms with E-state index in [1.807, 2.05) is 6.92 Å². The predicted molar refractivity (Wildman–Crippen MR) is 131 cm³/mol. The van der Waals surface area contributed by atoms with Crippen molar-refractivity contribution in [1.29, 1.82) is 0 Å². The van der Waals surface area contributed by atoms with Crippen LogP contribution in [0.2, 0.25) is 0 Å². The average Bonchev–Trinajstić information content (AvgIpc) is 3.48. The Morgan fingerprint density at radius 3 is 2.26 bits per heavy atom. The SMILES string of the molecule is COc1cccc(OC)c1-n1c(SCC(=O)CS(=O)(=O)c2ccccc2)nnc1-c1ccc(C)o1. The van der Waals surface area contributed by atoms with Gasteiger partial charge in [-0.3, -0.25) is 9.36 Å². The topological polar surface area (TPSA) is 114 Å².